The van der Waals surface area contributed by atoms with Crippen molar-refractivity contribution >= 4 is 33.3 Å². The fraction of sp³-hybridized carbons (Fsp3) is 0.333. The molecule has 1 aromatic rings. The van der Waals surface area contributed by atoms with Crippen LogP contribution in [0.15, 0.2) is 30.0 Å². The number of sulfonamides is 1. The smallest absolute Gasteiger partial charge is 0.350 e. The van der Waals surface area contributed by atoms with Crippen LogP contribution in [0.4, 0.5) is 11.4 Å². The normalized spacial score (nSPS) is 16.6. The first kappa shape index (κ1) is 18.6. The number of anilines is 2. The molecule has 1 aromatic carbocycles. The summed E-state index contributed by atoms with van der Waals surface area (Å²) < 4.78 is 40.3. The Morgan fingerprint density at radius 3 is 2.24 bits per heavy atom. The van der Waals surface area contributed by atoms with Crippen molar-refractivity contribution in [3.63, 3.8) is 0 Å². The van der Waals surface area contributed by atoms with Gasteiger partial charge in [0.15, 0.2) is 5.57 Å². The van der Waals surface area contributed by atoms with Gasteiger partial charge in [0, 0.05) is 26.1 Å². The number of benzene rings is 1. The van der Waals surface area contributed by atoms with Crippen molar-refractivity contribution in [1.82, 2.24) is 0 Å². The number of methoxy groups -OCH3 is 1. The van der Waals surface area contributed by atoms with Crippen molar-refractivity contribution in [1.29, 1.82) is 0 Å². The van der Waals surface area contributed by atoms with Crippen molar-refractivity contribution in [3.8, 4) is 5.75 Å². The van der Waals surface area contributed by atoms with Gasteiger partial charge >= 0.3 is 11.9 Å². The molecule has 1 aliphatic rings. The lowest BCUT2D eigenvalue weighted by molar-refractivity contribution is -0.222. The Morgan fingerprint density at radius 2 is 1.72 bits per heavy atom. The van der Waals surface area contributed by atoms with Crippen LogP contribution in [0.5, 0.6) is 5.75 Å². The van der Waals surface area contributed by atoms with Crippen LogP contribution >= 0.6 is 0 Å². The third-order valence-corrected chi connectivity index (χ3v) is 3.60. The number of ether oxygens (including phenoxy) is 3. The van der Waals surface area contributed by atoms with E-state index in [0.29, 0.717) is 5.75 Å². The third kappa shape index (κ3) is 4.86. The Hall–Kier alpha value is -2.75. The molecule has 1 fully saturated rings. The zero-order valence-corrected chi connectivity index (χ0v) is 14.9. The highest BCUT2D eigenvalue weighted by molar-refractivity contribution is 7.92. The molecule has 0 radical (unpaired) electrons. The summed E-state index contributed by atoms with van der Waals surface area (Å²) in [6.07, 6.45) is 2.08. The van der Waals surface area contributed by atoms with Crippen LogP contribution in [0.3, 0.4) is 0 Å². The van der Waals surface area contributed by atoms with E-state index >= 15 is 0 Å². The van der Waals surface area contributed by atoms with E-state index in [9.17, 15) is 18.0 Å². The molecule has 1 saturated heterocycles. The highest BCUT2D eigenvalue weighted by Gasteiger charge is 2.39. The first-order valence-electron chi connectivity index (χ1n) is 7.10. The lowest BCUT2D eigenvalue weighted by Gasteiger charge is -2.29. The van der Waals surface area contributed by atoms with Crippen LogP contribution in [0, 0.1) is 0 Å². The van der Waals surface area contributed by atoms with E-state index in [0.717, 1.165) is 12.5 Å². The SMILES string of the molecule is COc1ccc(NS(C)(=O)=O)c(NC=C2C(=O)OC(C)(C)OC2=O)c1. The van der Waals surface area contributed by atoms with Crippen LogP contribution in [0.2, 0.25) is 0 Å². The minimum Gasteiger partial charge on any atom is -0.497 e. The van der Waals surface area contributed by atoms with Crippen molar-refractivity contribution in [2.24, 2.45) is 0 Å². The summed E-state index contributed by atoms with van der Waals surface area (Å²) in [5.41, 5.74) is 0.119. The molecule has 0 aromatic heterocycles. The summed E-state index contributed by atoms with van der Waals surface area (Å²) in [5.74, 6) is -2.61. The van der Waals surface area contributed by atoms with E-state index in [1.54, 1.807) is 6.07 Å². The van der Waals surface area contributed by atoms with Gasteiger partial charge in [-0.2, -0.15) is 0 Å². The molecule has 0 spiro atoms. The fourth-order valence-corrected chi connectivity index (χ4v) is 2.56. The van der Waals surface area contributed by atoms with Gasteiger partial charge in [0.05, 0.1) is 24.7 Å². The predicted molar refractivity (Wildman–Crippen MR) is 89.4 cm³/mol. The van der Waals surface area contributed by atoms with Crippen molar-refractivity contribution in [2.75, 3.05) is 23.4 Å². The number of rotatable bonds is 5. The summed E-state index contributed by atoms with van der Waals surface area (Å²) in [6, 6.07) is 4.52. The molecule has 0 amide bonds. The molecule has 2 N–H and O–H groups in total. The second-order valence-corrected chi connectivity index (χ2v) is 7.42. The van der Waals surface area contributed by atoms with Crippen molar-refractivity contribution < 1.29 is 32.2 Å². The molecule has 0 bridgehead atoms. The number of carbonyl (C=O) groups excluding carboxylic acids is 2. The largest absolute Gasteiger partial charge is 0.497 e. The second-order valence-electron chi connectivity index (χ2n) is 5.67. The molecule has 9 nitrogen and oxygen atoms in total. The predicted octanol–water partition coefficient (Wildman–Crippen LogP) is 1.20. The summed E-state index contributed by atoms with van der Waals surface area (Å²) in [6.45, 7) is 2.87. The lowest BCUT2D eigenvalue weighted by atomic mass is 10.2. The van der Waals surface area contributed by atoms with Gasteiger partial charge in [0.2, 0.25) is 10.0 Å². The van der Waals surface area contributed by atoms with E-state index in [4.69, 9.17) is 14.2 Å². The van der Waals surface area contributed by atoms with E-state index in [1.807, 2.05) is 0 Å². The standard InChI is InChI=1S/C15H18N2O7S/c1-15(2)23-13(18)10(14(19)24-15)8-16-12-7-9(22-3)5-6-11(12)17-25(4,20)21/h5-8,16-17H,1-4H3. The van der Waals surface area contributed by atoms with E-state index in [1.165, 1.54) is 33.1 Å². The van der Waals surface area contributed by atoms with Crippen LogP contribution < -0.4 is 14.8 Å². The quantitative estimate of drug-likeness (QED) is 0.451. The molecule has 136 valence electrons. The molecule has 1 heterocycles. The molecule has 0 saturated carbocycles. The summed E-state index contributed by atoms with van der Waals surface area (Å²) >= 11 is 0. The molecule has 0 aliphatic carbocycles. The summed E-state index contributed by atoms with van der Waals surface area (Å²) in [4.78, 5) is 23.8. The number of carbonyl (C=O) groups is 2. The molecular weight excluding hydrogens is 352 g/mol. The topological polar surface area (TPSA) is 120 Å². The minimum atomic E-state index is -3.53. The first-order chi connectivity index (χ1) is 11.5. The monoisotopic (exact) mass is 370 g/mol. The molecule has 2 rings (SSSR count). The number of hydrogen-bond donors (Lipinski definition) is 2. The van der Waals surface area contributed by atoms with Crippen molar-refractivity contribution in [3.05, 3.63) is 30.0 Å². The second kappa shape index (κ2) is 6.63. The van der Waals surface area contributed by atoms with Gasteiger partial charge in [-0.15, -0.1) is 0 Å². The Bertz CT molecular complexity index is 821. The molecule has 25 heavy (non-hydrogen) atoms. The number of cyclic esters (lactones) is 2. The van der Waals surface area contributed by atoms with Crippen LogP contribution in [-0.2, 0) is 29.1 Å². The number of hydrogen-bond acceptors (Lipinski definition) is 8. The molecule has 10 heteroatoms. The average Bonchev–Trinajstić information content (AvgIpc) is 2.45. The number of nitrogens with one attached hydrogen (secondary N) is 2. The molecule has 0 atom stereocenters. The highest BCUT2D eigenvalue weighted by Crippen LogP contribution is 2.29. The van der Waals surface area contributed by atoms with Gasteiger partial charge in [-0.3, -0.25) is 4.72 Å². The van der Waals surface area contributed by atoms with Crippen LogP contribution in [0.1, 0.15) is 13.8 Å². The average molecular weight is 370 g/mol. The maximum atomic E-state index is 11.9. The van der Waals surface area contributed by atoms with Crippen LogP contribution in [-0.4, -0.2) is 39.5 Å². The Morgan fingerprint density at radius 1 is 1.12 bits per heavy atom. The molecule has 0 unspecified atom stereocenters. The van der Waals surface area contributed by atoms with Gasteiger partial charge in [0.25, 0.3) is 5.79 Å². The van der Waals surface area contributed by atoms with E-state index in [2.05, 4.69) is 10.0 Å². The third-order valence-electron chi connectivity index (χ3n) is 3.01. The Labute approximate surface area is 145 Å². The summed E-state index contributed by atoms with van der Waals surface area (Å²) in [7, 11) is -2.09. The molecular formula is C15H18N2O7S. The van der Waals surface area contributed by atoms with Crippen molar-refractivity contribution in [2.45, 2.75) is 19.6 Å². The Balaban J connectivity index is 2.32. The zero-order valence-electron chi connectivity index (χ0n) is 14.1. The van der Waals surface area contributed by atoms with E-state index in [-0.39, 0.29) is 16.9 Å². The first-order valence-corrected chi connectivity index (χ1v) is 8.99. The maximum absolute atomic E-state index is 11.9. The van der Waals surface area contributed by atoms with E-state index < -0.39 is 27.7 Å². The molecule has 1 aliphatic heterocycles. The zero-order chi connectivity index (χ0) is 18.8. The van der Waals surface area contributed by atoms with Crippen LogP contribution in [0.25, 0.3) is 0 Å². The highest BCUT2D eigenvalue weighted by atomic mass is 32.2. The number of esters is 2. The fourth-order valence-electron chi connectivity index (χ4n) is 1.99. The van der Waals surface area contributed by atoms with Gasteiger partial charge < -0.3 is 19.5 Å². The summed E-state index contributed by atoms with van der Waals surface area (Å²) in [5, 5.41) is 2.70. The van der Waals surface area contributed by atoms with Gasteiger partial charge in [-0.05, 0) is 12.1 Å². The lowest BCUT2D eigenvalue weighted by Crippen LogP contribution is -2.42. The maximum Gasteiger partial charge on any atom is 0.350 e. The van der Waals surface area contributed by atoms with Gasteiger partial charge in [-0.1, -0.05) is 0 Å². The Kier molecular flexibility index (Phi) is 4.93. The van der Waals surface area contributed by atoms with Gasteiger partial charge in [-0.25, -0.2) is 18.0 Å². The minimum absolute atomic E-state index is 0.207. The van der Waals surface area contributed by atoms with Gasteiger partial charge in [0.1, 0.15) is 5.75 Å².